The van der Waals surface area contributed by atoms with Crippen LogP contribution >= 0.6 is 34.8 Å². The van der Waals surface area contributed by atoms with E-state index in [-0.39, 0.29) is 25.3 Å². The number of nitrogens with zero attached hydrogens (tertiary/aromatic N) is 2. The Morgan fingerprint density at radius 2 is 1.88 bits per heavy atom. The number of ether oxygens (including phenoxy) is 3. The van der Waals surface area contributed by atoms with Crippen LogP contribution in [0.1, 0.15) is 39.5 Å². The molecule has 1 saturated heterocycles. The number of methoxy groups -OCH3 is 1. The third kappa shape index (κ3) is 7.95. The molecule has 5 rings (SSSR count). The van der Waals surface area contributed by atoms with Gasteiger partial charge in [-0.05, 0) is 62.8 Å². The summed E-state index contributed by atoms with van der Waals surface area (Å²) < 4.78 is 42.0. The molecule has 2 saturated carbocycles. The molecule has 266 valence electrons. The number of fused-ring (bicyclic) bond motifs is 1. The highest BCUT2D eigenvalue weighted by atomic mass is 35.6. The Kier molecular flexibility index (Phi) is 10.2. The lowest BCUT2D eigenvalue weighted by molar-refractivity contribution is -0.139. The maximum atomic E-state index is 13.9. The van der Waals surface area contributed by atoms with Crippen LogP contribution in [0.15, 0.2) is 43.1 Å². The van der Waals surface area contributed by atoms with Gasteiger partial charge in [0.2, 0.25) is 31.5 Å². The molecule has 0 spiro atoms. The second kappa shape index (κ2) is 13.6. The minimum Gasteiger partial charge on any atom is -0.497 e. The normalized spacial score (nSPS) is 23.7. The molecule has 3 N–H and O–H groups in total. The molecular weight excluding hydrogens is 725 g/mol. The van der Waals surface area contributed by atoms with E-state index in [4.69, 9.17) is 49.0 Å². The monoisotopic (exact) mass is 759 g/mol. The number of hydrogen-bond donors (Lipinski definition) is 3. The lowest BCUT2D eigenvalue weighted by Gasteiger charge is -2.32. The molecule has 18 heteroatoms. The van der Waals surface area contributed by atoms with Crippen molar-refractivity contribution in [3.8, 4) is 11.6 Å². The summed E-state index contributed by atoms with van der Waals surface area (Å²) in [6.07, 6.45) is 2.19. The first kappa shape index (κ1) is 36.7. The van der Waals surface area contributed by atoms with E-state index in [1.54, 1.807) is 37.6 Å². The number of alkyl halides is 3. The van der Waals surface area contributed by atoms with Gasteiger partial charge in [0.1, 0.15) is 30.0 Å². The third-order valence-corrected chi connectivity index (χ3v) is 11.9. The molecule has 14 nitrogen and oxygen atoms in total. The van der Waals surface area contributed by atoms with Crippen LogP contribution < -0.4 is 24.8 Å². The summed E-state index contributed by atoms with van der Waals surface area (Å²) in [5.74, 6) is -1.95. The highest BCUT2D eigenvalue weighted by molar-refractivity contribution is 7.91. The summed E-state index contributed by atoms with van der Waals surface area (Å²) in [7, 11) is -2.36. The first-order chi connectivity index (χ1) is 22.9. The Morgan fingerprint density at radius 3 is 2.49 bits per heavy atom. The van der Waals surface area contributed by atoms with Crippen LogP contribution in [0.2, 0.25) is 0 Å². The summed E-state index contributed by atoms with van der Waals surface area (Å²) in [4.78, 5) is 58.8. The van der Waals surface area contributed by atoms with E-state index in [1.807, 2.05) is 0 Å². The van der Waals surface area contributed by atoms with Gasteiger partial charge in [0, 0.05) is 23.9 Å². The number of hydrogen-bond acceptors (Lipinski definition) is 10. The number of amides is 4. The number of pyridine rings is 1. The van der Waals surface area contributed by atoms with Gasteiger partial charge in [-0.2, -0.15) is 0 Å². The van der Waals surface area contributed by atoms with Gasteiger partial charge in [0.05, 0.1) is 18.9 Å². The van der Waals surface area contributed by atoms with Crippen molar-refractivity contribution in [3.63, 3.8) is 0 Å². The number of rotatable bonds is 12. The molecule has 2 aromatic rings. The van der Waals surface area contributed by atoms with Crippen molar-refractivity contribution in [1.82, 2.24) is 25.2 Å². The van der Waals surface area contributed by atoms with E-state index in [9.17, 15) is 27.6 Å². The third-order valence-electron chi connectivity index (χ3n) is 8.76. The largest absolute Gasteiger partial charge is 0.497 e. The fraction of sp³-hybridized carbons (Fsp3) is 0.516. The number of halogens is 3. The molecule has 1 aliphatic heterocycles. The first-order valence-corrected chi connectivity index (χ1v) is 18.0. The summed E-state index contributed by atoms with van der Waals surface area (Å²) in [5.41, 5.74) is -3.13. The molecule has 3 fully saturated rings. The van der Waals surface area contributed by atoms with Crippen LogP contribution in [-0.2, 0) is 29.1 Å². The zero-order chi connectivity index (χ0) is 35.9. The van der Waals surface area contributed by atoms with Crippen molar-refractivity contribution in [1.29, 1.82) is 0 Å². The Balaban J connectivity index is 1.35. The number of sulfonamides is 1. The minimum absolute atomic E-state index is 0.0205. The lowest BCUT2D eigenvalue weighted by Crippen LogP contribution is -2.57. The predicted molar refractivity (Wildman–Crippen MR) is 181 cm³/mol. The highest BCUT2D eigenvalue weighted by Gasteiger charge is 2.62. The number of aromatic nitrogens is 1. The number of benzene rings is 1. The van der Waals surface area contributed by atoms with Crippen molar-refractivity contribution in [2.45, 2.75) is 71.9 Å². The molecule has 49 heavy (non-hydrogen) atoms. The maximum absolute atomic E-state index is 13.9. The number of likely N-dealkylation sites (tertiary alicyclic amines) is 1. The van der Waals surface area contributed by atoms with Crippen molar-refractivity contribution >= 4 is 79.4 Å². The van der Waals surface area contributed by atoms with Crippen molar-refractivity contribution in [2.24, 2.45) is 5.92 Å². The molecule has 0 radical (unpaired) electrons. The quantitative estimate of drug-likeness (QED) is 0.215. The van der Waals surface area contributed by atoms with Gasteiger partial charge in [-0.15, -0.1) is 6.58 Å². The average molecular weight is 761 g/mol. The Bertz CT molecular complexity index is 1780. The molecule has 4 amide bonds. The van der Waals surface area contributed by atoms with E-state index >= 15 is 0 Å². The second-order valence-electron chi connectivity index (χ2n) is 12.7. The fourth-order valence-corrected chi connectivity index (χ4v) is 6.99. The van der Waals surface area contributed by atoms with Crippen LogP contribution in [0.25, 0.3) is 10.8 Å². The SMILES string of the molecule is C=C[C@@H]1C[C@]1(NC(=O)[C@@H]1C[C@@H](Oc2nccc3cc(OC)ccc23)CN1C(=O)CNC(=O)OC(C)(C)C(Cl)(Cl)Cl)C(=O)NS(=O)(=O)C1CC1. The zero-order valence-electron chi connectivity index (χ0n) is 26.8. The molecule has 2 heterocycles. The van der Waals surface area contributed by atoms with Crippen LogP contribution in [-0.4, -0.2) is 94.6 Å². The number of alkyl carbamates (subject to hydrolysis) is 1. The average Bonchev–Trinajstić information content (AvgIpc) is 3.96. The second-order valence-corrected chi connectivity index (χ2v) is 16.9. The number of carbonyl (C=O) groups excluding carboxylic acids is 4. The number of carbonyl (C=O) groups is 4. The van der Waals surface area contributed by atoms with Gasteiger partial charge >= 0.3 is 6.09 Å². The van der Waals surface area contributed by atoms with Gasteiger partial charge in [-0.1, -0.05) is 40.9 Å². The minimum atomic E-state index is -3.91. The predicted octanol–water partition coefficient (Wildman–Crippen LogP) is 3.14. The molecule has 0 unspecified atom stereocenters. The van der Waals surface area contributed by atoms with Gasteiger partial charge in [-0.3, -0.25) is 19.1 Å². The van der Waals surface area contributed by atoms with Crippen LogP contribution in [0.5, 0.6) is 11.6 Å². The van der Waals surface area contributed by atoms with Crippen molar-refractivity contribution in [2.75, 3.05) is 20.2 Å². The smallest absolute Gasteiger partial charge is 0.408 e. The van der Waals surface area contributed by atoms with Gasteiger partial charge in [-0.25, -0.2) is 18.2 Å². The van der Waals surface area contributed by atoms with Gasteiger partial charge < -0.3 is 29.7 Å². The molecule has 0 bridgehead atoms. The maximum Gasteiger partial charge on any atom is 0.408 e. The van der Waals surface area contributed by atoms with Gasteiger partial charge in [0.15, 0.2) is 5.60 Å². The molecular formula is C31H36Cl3N5O9S. The van der Waals surface area contributed by atoms with E-state index in [0.717, 1.165) is 5.39 Å². The Hall–Kier alpha value is -3.53. The summed E-state index contributed by atoms with van der Waals surface area (Å²) in [6, 6.07) is 5.91. The number of nitrogens with one attached hydrogen (secondary N) is 3. The topological polar surface area (TPSA) is 182 Å². The van der Waals surface area contributed by atoms with Crippen molar-refractivity contribution < 1.29 is 41.8 Å². The summed E-state index contributed by atoms with van der Waals surface area (Å²) >= 11 is 17.7. The van der Waals surface area contributed by atoms with Crippen LogP contribution in [0.3, 0.4) is 0 Å². The Labute approximate surface area is 298 Å². The molecule has 1 aromatic heterocycles. The van der Waals surface area contributed by atoms with E-state index in [0.29, 0.717) is 24.0 Å². The summed E-state index contributed by atoms with van der Waals surface area (Å²) in [5, 5.41) is 5.79. The molecule has 2 aliphatic carbocycles. The van der Waals surface area contributed by atoms with E-state index in [2.05, 4.69) is 26.9 Å². The van der Waals surface area contributed by atoms with E-state index < -0.39 is 78.6 Å². The lowest BCUT2D eigenvalue weighted by atomic mass is 10.1. The zero-order valence-corrected chi connectivity index (χ0v) is 29.9. The molecule has 4 atom stereocenters. The van der Waals surface area contributed by atoms with E-state index in [1.165, 1.54) is 24.8 Å². The Morgan fingerprint density at radius 1 is 1.16 bits per heavy atom. The van der Waals surface area contributed by atoms with Crippen LogP contribution in [0.4, 0.5) is 4.79 Å². The summed E-state index contributed by atoms with van der Waals surface area (Å²) in [6.45, 7) is 5.76. The standard InChI is InChI=1S/C31H36Cl3N5O9S/c1-5-18-14-30(18,27(42)38-49(44,45)21-7-8-21)37-25(41)23-13-20(47-26-22-9-6-19(46-4)12-17(22)10-11-35-26)16-39(23)24(40)15-36-28(43)48-29(2,3)31(32,33)34/h5-6,9-12,18,20-21,23H,1,7-8,13-16H2,2-4H3,(H,36,43)(H,37,41)(H,38,42)/t18-,20-,23+,30-/m1/s1. The first-order valence-electron chi connectivity index (χ1n) is 15.3. The fourth-order valence-electron chi connectivity index (χ4n) is 5.51. The van der Waals surface area contributed by atoms with Crippen LogP contribution in [0, 0.1) is 5.92 Å². The highest BCUT2D eigenvalue weighted by Crippen LogP contribution is 2.45. The molecule has 1 aromatic carbocycles. The van der Waals surface area contributed by atoms with Crippen molar-refractivity contribution in [3.05, 3.63) is 43.1 Å². The van der Waals surface area contributed by atoms with Gasteiger partial charge in [0.25, 0.3) is 5.91 Å². The molecule has 3 aliphatic rings.